The van der Waals surface area contributed by atoms with Crippen LogP contribution >= 0.6 is 12.6 Å². The quantitative estimate of drug-likeness (QED) is 0.538. The van der Waals surface area contributed by atoms with E-state index in [4.69, 9.17) is 9.84 Å². The number of carbonyl (C=O) groups excluding carboxylic acids is 1. The summed E-state index contributed by atoms with van der Waals surface area (Å²) in [6.07, 6.45) is 4.75. The van der Waals surface area contributed by atoms with Crippen molar-refractivity contribution in [1.29, 1.82) is 0 Å². The van der Waals surface area contributed by atoms with E-state index >= 15 is 0 Å². The number of benzene rings is 1. The molecule has 1 aromatic carbocycles. The molecule has 1 N–H and O–H groups in total. The summed E-state index contributed by atoms with van der Waals surface area (Å²) in [5.74, 6) is 1.20. The number of carboxylic acids is 1. The van der Waals surface area contributed by atoms with E-state index in [-0.39, 0.29) is 11.7 Å². The van der Waals surface area contributed by atoms with Gasteiger partial charge in [0.1, 0.15) is 17.4 Å². The van der Waals surface area contributed by atoms with Crippen molar-refractivity contribution >= 4 is 30.5 Å². The van der Waals surface area contributed by atoms with Crippen molar-refractivity contribution < 1.29 is 19.4 Å². The maximum atomic E-state index is 12.6. The van der Waals surface area contributed by atoms with Gasteiger partial charge >= 0.3 is 12.1 Å². The SMILES string of the molecule is Cn1ccnc1C(S)c1ccc(OC(=O)N2CCN(c3ccc(CC(=O)O)cn3)CC2)cc1. The molecule has 10 heteroatoms. The van der Waals surface area contributed by atoms with E-state index in [1.165, 1.54) is 0 Å². The molecular weight excluding hydrogens is 442 g/mol. The molecule has 33 heavy (non-hydrogen) atoms. The predicted molar refractivity (Wildman–Crippen MR) is 126 cm³/mol. The Bertz CT molecular complexity index is 1110. The summed E-state index contributed by atoms with van der Waals surface area (Å²) in [5.41, 5.74) is 1.62. The molecule has 2 aromatic heterocycles. The van der Waals surface area contributed by atoms with Gasteiger partial charge in [0.25, 0.3) is 0 Å². The van der Waals surface area contributed by atoms with Crippen LogP contribution in [-0.4, -0.2) is 62.8 Å². The predicted octanol–water partition coefficient (Wildman–Crippen LogP) is 2.78. The number of carbonyl (C=O) groups is 2. The molecule has 0 aliphatic carbocycles. The van der Waals surface area contributed by atoms with Crippen LogP contribution < -0.4 is 9.64 Å². The zero-order chi connectivity index (χ0) is 23.4. The lowest BCUT2D eigenvalue weighted by Crippen LogP contribution is -2.49. The van der Waals surface area contributed by atoms with Gasteiger partial charge in [-0.3, -0.25) is 4.79 Å². The standard InChI is InChI=1S/C23H25N5O4S/c1-26-9-8-24-22(26)21(33)17-3-5-18(6-4-17)32-23(31)28-12-10-27(11-13-28)19-7-2-16(15-25-19)14-20(29)30/h2-9,15,21,33H,10-14H2,1H3,(H,29,30). The van der Waals surface area contributed by atoms with E-state index in [0.717, 1.165) is 17.2 Å². The number of aliphatic carboxylic acids is 1. The molecule has 0 radical (unpaired) electrons. The van der Waals surface area contributed by atoms with Crippen LogP contribution in [0, 0.1) is 0 Å². The molecule has 1 amide bonds. The fraction of sp³-hybridized carbons (Fsp3) is 0.304. The van der Waals surface area contributed by atoms with Gasteiger partial charge in [-0.25, -0.2) is 14.8 Å². The maximum absolute atomic E-state index is 12.6. The Kier molecular flexibility index (Phi) is 6.83. The second-order valence-corrected chi connectivity index (χ2v) is 8.32. The Morgan fingerprint density at radius 2 is 1.82 bits per heavy atom. The van der Waals surface area contributed by atoms with Crippen LogP contribution in [0.25, 0.3) is 0 Å². The van der Waals surface area contributed by atoms with E-state index < -0.39 is 12.1 Å². The first-order chi connectivity index (χ1) is 15.9. The molecule has 1 aliphatic rings. The monoisotopic (exact) mass is 467 g/mol. The molecule has 0 spiro atoms. The number of ether oxygens (including phenoxy) is 1. The number of hydrogen-bond donors (Lipinski definition) is 2. The first kappa shape index (κ1) is 22.7. The maximum Gasteiger partial charge on any atom is 0.415 e. The molecule has 3 aromatic rings. The Morgan fingerprint density at radius 1 is 1.09 bits per heavy atom. The lowest BCUT2D eigenvalue weighted by molar-refractivity contribution is -0.136. The Morgan fingerprint density at radius 3 is 2.39 bits per heavy atom. The largest absolute Gasteiger partial charge is 0.481 e. The van der Waals surface area contributed by atoms with Crippen LogP contribution in [0.1, 0.15) is 22.2 Å². The van der Waals surface area contributed by atoms with Crippen LogP contribution in [0.5, 0.6) is 5.75 Å². The topological polar surface area (TPSA) is 101 Å². The Hall–Kier alpha value is -3.53. The first-order valence-electron chi connectivity index (χ1n) is 10.5. The van der Waals surface area contributed by atoms with E-state index in [0.29, 0.717) is 37.5 Å². The summed E-state index contributed by atoms with van der Waals surface area (Å²) < 4.78 is 7.47. The fourth-order valence-electron chi connectivity index (χ4n) is 3.67. The van der Waals surface area contributed by atoms with Crippen LogP contribution in [-0.2, 0) is 18.3 Å². The molecule has 4 rings (SSSR count). The van der Waals surface area contributed by atoms with Gasteiger partial charge < -0.3 is 24.2 Å². The summed E-state index contributed by atoms with van der Waals surface area (Å²) in [6.45, 7) is 2.25. The highest BCUT2D eigenvalue weighted by molar-refractivity contribution is 7.80. The Balaban J connectivity index is 1.29. The molecule has 1 saturated heterocycles. The minimum atomic E-state index is -0.884. The normalized spacial score (nSPS) is 14.7. The second-order valence-electron chi connectivity index (χ2n) is 7.81. The molecule has 1 aliphatic heterocycles. The number of piperazine rings is 1. The molecular formula is C23H25N5O4S. The van der Waals surface area contributed by atoms with Crippen LogP contribution in [0.4, 0.5) is 10.6 Å². The van der Waals surface area contributed by atoms with Gasteiger partial charge in [-0.1, -0.05) is 18.2 Å². The molecule has 0 saturated carbocycles. The first-order valence-corrected chi connectivity index (χ1v) is 11.1. The molecule has 172 valence electrons. The number of imidazole rings is 1. The van der Waals surface area contributed by atoms with Gasteiger partial charge in [0, 0.05) is 51.8 Å². The molecule has 9 nitrogen and oxygen atoms in total. The number of carboxylic acid groups (broad SMARTS) is 1. The highest BCUT2D eigenvalue weighted by Gasteiger charge is 2.23. The Labute approximate surface area is 197 Å². The van der Waals surface area contributed by atoms with Crippen molar-refractivity contribution in [2.45, 2.75) is 11.7 Å². The van der Waals surface area contributed by atoms with Gasteiger partial charge in [0.2, 0.25) is 0 Å². The highest BCUT2D eigenvalue weighted by atomic mass is 32.1. The third-order valence-corrected chi connectivity index (χ3v) is 6.06. The number of nitrogens with zero attached hydrogens (tertiary/aromatic N) is 5. The summed E-state index contributed by atoms with van der Waals surface area (Å²) in [5, 5.41) is 8.69. The van der Waals surface area contributed by atoms with Crippen molar-refractivity contribution in [1.82, 2.24) is 19.4 Å². The van der Waals surface area contributed by atoms with Gasteiger partial charge in [-0.05, 0) is 29.3 Å². The summed E-state index contributed by atoms with van der Waals surface area (Å²) >= 11 is 4.66. The number of amides is 1. The minimum absolute atomic E-state index is 0.0501. The summed E-state index contributed by atoms with van der Waals surface area (Å²) in [4.78, 5) is 35.8. The average molecular weight is 468 g/mol. The number of thiol groups is 1. The minimum Gasteiger partial charge on any atom is -0.481 e. The number of anilines is 1. The molecule has 1 fully saturated rings. The fourth-order valence-corrected chi connectivity index (χ4v) is 4.10. The molecule has 3 heterocycles. The number of aromatic nitrogens is 3. The van der Waals surface area contributed by atoms with Gasteiger partial charge in [0.05, 0.1) is 11.7 Å². The molecule has 1 unspecified atom stereocenters. The van der Waals surface area contributed by atoms with Gasteiger partial charge in [-0.15, -0.1) is 0 Å². The number of rotatable bonds is 6. The van der Waals surface area contributed by atoms with Gasteiger partial charge in [0.15, 0.2) is 0 Å². The van der Waals surface area contributed by atoms with E-state index in [1.54, 1.807) is 35.5 Å². The third-order valence-electron chi connectivity index (χ3n) is 5.53. The number of aryl methyl sites for hydroxylation is 1. The van der Waals surface area contributed by atoms with Gasteiger partial charge in [-0.2, -0.15) is 12.6 Å². The smallest absolute Gasteiger partial charge is 0.415 e. The van der Waals surface area contributed by atoms with Crippen LogP contribution in [0.2, 0.25) is 0 Å². The van der Waals surface area contributed by atoms with E-state index in [9.17, 15) is 9.59 Å². The zero-order valence-electron chi connectivity index (χ0n) is 18.2. The summed E-state index contributed by atoms with van der Waals surface area (Å²) in [6, 6.07) is 10.9. The lowest BCUT2D eigenvalue weighted by atomic mass is 10.1. The lowest BCUT2D eigenvalue weighted by Gasteiger charge is -2.34. The molecule has 0 bridgehead atoms. The van der Waals surface area contributed by atoms with Crippen LogP contribution in [0.15, 0.2) is 55.0 Å². The van der Waals surface area contributed by atoms with E-state index in [2.05, 4.69) is 27.5 Å². The van der Waals surface area contributed by atoms with Crippen molar-refractivity contribution in [2.75, 3.05) is 31.1 Å². The average Bonchev–Trinajstić information content (AvgIpc) is 3.25. The number of hydrogen-bond acceptors (Lipinski definition) is 7. The molecule has 1 atom stereocenters. The van der Waals surface area contributed by atoms with Crippen molar-refractivity contribution in [3.05, 3.63) is 71.9 Å². The summed E-state index contributed by atoms with van der Waals surface area (Å²) in [7, 11) is 1.92. The number of pyridine rings is 1. The zero-order valence-corrected chi connectivity index (χ0v) is 19.1. The van der Waals surface area contributed by atoms with Crippen LogP contribution in [0.3, 0.4) is 0 Å². The van der Waals surface area contributed by atoms with Crippen molar-refractivity contribution in [3.63, 3.8) is 0 Å². The second kappa shape index (κ2) is 9.95. The van der Waals surface area contributed by atoms with Crippen molar-refractivity contribution in [2.24, 2.45) is 7.05 Å². The third kappa shape index (κ3) is 5.46. The van der Waals surface area contributed by atoms with E-state index in [1.807, 2.05) is 36.0 Å². The highest BCUT2D eigenvalue weighted by Crippen LogP contribution is 2.28. The van der Waals surface area contributed by atoms with Crippen molar-refractivity contribution in [3.8, 4) is 5.75 Å².